The molecule has 0 saturated carbocycles. The van der Waals surface area contributed by atoms with E-state index >= 15 is 0 Å². The average molecular weight is 463 g/mol. The first-order valence-corrected chi connectivity index (χ1v) is 10.5. The molecule has 0 radical (unpaired) electrons. The summed E-state index contributed by atoms with van der Waals surface area (Å²) in [5.74, 6) is 1.35. The number of carbonyl (C=O) groups excluding carboxylic acids is 1. The summed E-state index contributed by atoms with van der Waals surface area (Å²) >= 11 is 3.51. The molecule has 0 saturated heterocycles. The van der Waals surface area contributed by atoms with E-state index in [4.69, 9.17) is 0 Å². The van der Waals surface area contributed by atoms with E-state index in [0.29, 0.717) is 23.6 Å². The van der Waals surface area contributed by atoms with Gasteiger partial charge >= 0.3 is 0 Å². The van der Waals surface area contributed by atoms with Crippen LogP contribution >= 0.6 is 15.9 Å². The van der Waals surface area contributed by atoms with Gasteiger partial charge in [-0.15, -0.1) is 0 Å². The fourth-order valence-corrected chi connectivity index (χ4v) is 4.37. The lowest BCUT2D eigenvalue weighted by Crippen LogP contribution is -2.45. The second-order valence-electron chi connectivity index (χ2n) is 7.32. The Kier molecular flexibility index (Phi) is 4.71. The van der Waals surface area contributed by atoms with E-state index in [1.54, 1.807) is 6.20 Å². The summed E-state index contributed by atoms with van der Waals surface area (Å²) < 4.78 is 0.786. The minimum absolute atomic E-state index is 0.00117. The predicted molar refractivity (Wildman–Crippen MR) is 120 cm³/mol. The average Bonchev–Trinajstić information content (AvgIpc) is 3.22. The number of nitrogens with zero attached hydrogens (tertiary/aromatic N) is 4. The van der Waals surface area contributed by atoms with Crippen LogP contribution in [0, 0.1) is 6.92 Å². The molecule has 7 nitrogen and oxygen atoms in total. The van der Waals surface area contributed by atoms with E-state index in [0.717, 1.165) is 33.3 Å². The van der Waals surface area contributed by atoms with Crippen molar-refractivity contribution in [2.75, 3.05) is 16.8 Å². The molecule has 1 unspecified atom stereocenters. The van der Waals surface area contributed by atoms with Crippen molar-refractivity contribution in [1.82, 2.24) is 20.2 Å². The largest absolute Gasteiger partial charge is 0.364 e. The number of amides is 1. The van der Waals surface area contributed by atoms with Crippen LogP contribution in [0.3, 0.4) is 0 Å². The Morgan fingerprint density at radius 3 is 2.83 bits per heavy atom. The van der Waals surface area contributed by atoms with Gasteiger partial charge in [0.05, 0.1) is 17.1 Å². The highest BCUT2D eigenvalue weighted by Gasteiger charge is 2.30. The van der Waals surface area contributed by atoms with Gasteiger partial charge in [0.25, 0.3) is 5.91 Å². The Hall–Kier alpha value is -3.26. The number of fused-ring (bicyclic) bond motifs is 2. The van der Waals surface area contributed by atoms with E-state index in [9.17, 15) is 4.79 Å². The zero-order chi connectivity index (χ0) is 20.7. The smallest absolute Gasteiger partial charge is 0.259 e. The lowest BCUT2D eigenvalue weighted by molar-refractivity contribution is 0.0983. The molecule has 5 rings (SSSR count). The van der Waals surface area contributed by atoms with Crippen LogP contribution in [0.25, 0.3) is 11.0 Å². The Morgan fingerprint density at radius 2 is 1.97 bits per heavy atom. The van der Waals surface area contributed by atoms with Gasteiger partial charge in [0.2, 0.25) is 0 Å². The van der Waals surface area contributed by atoms with Crippen LogP contribution in [0.4, 0.5) is 11.5 Å². The van der Waals surface area contributed by atoms with E-state index in [-0.39, 0.29) is 11.9 Å². The maximum Gasteiger partial charge on any atom is 0.259 e. The molecule has 1 amide bonds. The number of carbonyl (C=O) groups is 1. The molecular formula is C22H19BrN6O. The fraction of sp³-hybridized carbons (Fsp3) is 0.182. The molecule has 0 aliphatic carbocycles. The highest BCUT2D eigenvalue weighted by atomic mass is 79.9. The van der Waals surface area contributed by atoms with Crippen molar-refractivity contribution in [3.63, 3.8) is 0 Å². The number of H-pyrrole nitrogens is 1. The first kappa shape index (κ1) is 18.7. The number of aryl methyl sites for hydroxylation is 1. The number of halogens is 1. The highest BCUT2D eigenvalue weighted by Crippen LogP contribution is 2.31. The SMILES string of the molecule is Cc1nc(NC2Cc3ccccc3N(C(=O)c3ccccc3Br)C2)c2cn[nH]c2n1. The van der Waals surface area contributed by atoms with Crippen LogP contribution in [0.5, 0.6) is 0 Å². The van der Waals surface area contributed by atoms with Crippen molar-refractivity contribution in [3.05, 3.63) is 76.2 Å². The minimum Gasteiger partial charge on any atom is -0.364 e. The van der Waals surface area contributed by atoms with Crippen molar-refractivity contribution in [1.29, 1.82) is 0 Å². The normalized spacial score (nSPS) is 15.8. The van der Waals surface area contributed by atoms with Gasteiger partial charge in [-0.1, -0.05) is 30.3 Å². The number of anilines is 2. The molecular weight excluding hydrogens is 444 g/mol. The summed E-state index contributed by atoms with van der Waals surface area (Å²) in [5, 5.41) is 11.3. The lowest BCUT2D eigenvalue weighted by atomic mass is 9.97. The Bertz CT molecular complexity index is 1250. The third-order valence-electron chi connectivity index (χ3n) is 5.26. The number of aromatic amines is 1. The van der Waals surface area contributed by atoms with Crippen LogP contribution in [-0.4, -0.2) is 38.7 Å². The first-order valence-electron chi connectivity index (χ1n) is 9.68. The van der Waals surface area contributed by atoms with Crippen molar-refractivity contribution in [3.8, 4) is 0 Å². The number of hydrogen-bond acceptors (Lipinski definition) is 5. The molecule has 0 fully saturated rings. The molecule has 0 bridgehead atoms. The number of rotatable bonds is 3. The topological polar surface area (TPSA) is 86.8 Å². The van der Waals surface area contributed by atoms with E-state index in [2.05, 4.69) is 47.5 Å². The number of nitrogens with one attached hydrogen (secondary N) is 2. The summed E-state index contributed by atoms with van der Waals surface area (Å²) in [4.78, 5) is 24.2. The molecule has 150 valence electrons. The van der Waals surface area contributed by atoms with E-state index in [1.807, 2.05) is 54.3 Å². The minimum atomic E-state index is -0.0336. The Morgan fingerprint density at radius 1 is 1.17 bits per heavy atom. The second-order valence-corrected chi connectivity index (χ2v) is 8.18. The third-order valence-corrected chi connectivity index (χ3v) is 5.96. The number of aromatic nitrogens is 4. The van der Waals surface area contributed by atoms with Gasteiger partial charge in [0.1, 0.15) is 11.6 Å². The lowest BCUT2D eigenvalue weighted by Gasteiger charge is -2.35. The van der Waals surface area contributed by atoms with E-state index < -0.39 is 0 Å². The second kappa shape index (κ2) is 7.53. The predicted octanol–water partition coefficient (Wildman–Crippen LogP) is 4.11. The molecule has 0 spiro atoms. The standard InChI is InChI=1S/C22H19BrN6O/c1-13-25-20(17-11-24-28-21(17)26-13)27-15-10-14-6-2-5-9-19(14)29(12-15)22(30)16-7-3-4-8-18(16)23/h2-9,11,15H,10,12H2,1H3,(H2,24,25,26,27,28). The number of benzene rings is 2. The molecule has 30 heavy (non-hydrogen) atoms. The van der Waals surface area contributed by atoms with Crippen LogP contribution in [0.2, 0.25) is 0 Å². The molecule has 1 aliphatic heterocycles. The van der Waals surface area contributed by atoms with Crippen molar-refractivity contribution in [2.24, 2.45) is 0 Å². The van der Waals surface area contributed by atoms with Gasteiger partial charge in [-0.05, 0) is 53.0 Å². The van der Waals surface area contributed by atoms with Gasteiger partial charge in [-0.3, -0.25) is 9.89 Å². The van der Waals surface area contributed by atoms with Gasteiger partial charge in [-0.2, -0.15) is 5.10 Å². The zero-order valence-electron chi connectivity index (χ0n) is 16.3. The summed E-state index contributed by atoms with van der Waals surface area (Å²) in [6, 6.07) is 15.6. The van der Waals surface area contributed by atoms with Crippen LogP contribution in [0.15, 0.2) is 59.2 Å². The zero-order valence-corrected chi connectivity index (χ0v) is 17.8. The van der Waals surface area contributed by atoms with Crippen molar-refractivity contribution < 1.29 is 4.79 Å². The molecule has 2 aromatic heterocycles. The Balaban J connectivity index is 1.51. The number of hydrogen-bond donors (Lipinski definition) is 2. The molecule has 1 aliphatic rings. The van der Waals surface area contributed by atoms with Crippen LogP contribution in [-0.2, 0) is 6.42 Å². The summed E-state index contributed by atoms with van der Waals surface area (Å²) in [6.07, 6.45) is 2.51. The summed E-state index contributed by atoms with van der Waals surface area (Å²) in [5.41, 5.74) is 3.41. The molecule has 8 heteroatoms. The Labute approximate surface area is 181 Å². The van der Waals surface area contributed by atoms with E-state index in [1.165, 1.54) is 0 Å². The van der Waals surface area contributed by atoms with Gasteiger partial charge in [0, 0.05) is 22.7 Å². The summed E-state index contributed by atoms with van der Waals surface area (Å²) in [7, 11) is 0. The van der Waals surface area contributed by atoms with Gasteiger partial charge < -0.3 is 10.2 Å². The highest BCUT2D eigenvalue weighted by molar-refractivity contribution is 9.10. The monoisotopic (exact) mass is 462 g/mol. The molecule has 2 N–H and O–H groups in total. The van der Waals surface area contributed by atoms with Crippen LogP contribution in [0.1, 0.15) is 21.7 Å². The number of para-hydroxylation sites is 1. The van der Waals surface area contributed by atoms with Crippen LogP contribution < -0.4 is 10.2 Å². The van der Waals surface area contributed by atoms with Crippen molar-refractivity contribution >= 4 is 44.4 Å². The fourth-order valence-electron chi connectivity index (χ4n) is 3.91. The summed E-state index contributed by atoms with van der Waals surface area (Å²) in [6.45, 7) is 2.38. The third kappa shape index (κ3) is 3.33. The first-order chi connectivity index (χ1) is 14.6. The maximum atomic E-state index is 13.4. The molecule has 4 aromatic rings. The maximum absolute atomic E-state index is 13.4. The molecule has 1 atom stereocenters. The molecule has 2 aromatic carbocycles. The van der Waals surface area contributed by atoms with Crippen molar-refractivity contribution in [2.45, 2.75) is 19.4 Å². The van der Waals surface area contributed by atoms with Gasteiger partial charge in [-0.25, -0.2) is 9.97 Å². The van der Waals surface area contributed by atoms with Gasteiger partial charge in [0.15, 0.2) is 5.65 Å². The quantitative estimate of drug-likeness (QED) is 0.478. The molecule has 3 heterocycles.